The van der Waals surface area contributed by atoms with Crippen LogP contribution in [0.2, 0.25) is 0 Å². The molecule has 1 N–H and O–H groups in total. The second kappa shape index (κ2) is 5.63. The molecule has 0 bridgehead atoms. The van der Waals surface area contributed by atoms with Gasteiger partial charge >= 0.3 is 0 Å². The molecule has 104 valence electrons. The number of hydrogen-bond acceptors (Lipinski definition) is 3. The molecule has 1 heterocycles. The average Bonchev–Trinajstić information content (AvgIpc) is 2.53. The van der Waals surface area contributed by atoms with Crippen LogP contribution in [0.15, 0.2) is 52.9 Å². The van der Waals surface area contributed by atoms with Crippen molar-refractivity contribution in [2.45, 2.75) is 18.7 Å². The van der Waals surface area contributed by atoms with Crippen molar-refractivity contribution in [1.82, 2.24) is 5.32 Å². The summed E-state index contributed by atoms with van der Waals surface area (Å²) in [4.78, 5) is 13.0. The molecule has 2 aromatic carbocycles. The second-order valence-corrected chi connectivity index (χ2v) is 6.00. The number of carbonyl (C=O) groups excluding carboxylic acids is 1. The number of hydrogen-bond donors (Lipinski definition) is 1. The number of fused-ring (bicyclic) bond motifs is 1. The molecule has 2 aromatic rings. The molecule has 21 heavy (non-hydrogen) atoms. The zero-order chi connectivity index (χ0) is 14.8. The lowest BCUT2D eigenvalue weighted by Crippen LogP contribution is -2.31. The first-order chi connectivity index (χ1) is 10.2. The highest BCUT2D eigenvalue weighted by molar-refractivity contribution is 8.03. The Balaban J connectivity index is 2.08. The van der Waals surface area contributed by atoms with Gasteiger partial charge in [-0.15, -0.1) is 0 Å². The van der Waals surface area contributed by atoms with Gasteiger partial charge < -0.3 is 5.32 Å². The number of nitrogens with one attached hydrogen (secondary N) is 1. The molecule has 3 rings (SSSR count). The Morgan fingerprint density at radius 2 is 2.00 bits per heavy atom. The lowest BCUT2D eigenvalue weighted by atomic mass is 10.0. The van der Waals surface area contributed by atoms with Crippen molar-refractivity contribution in [2.24, 2.45) is 0 Å². The molecule has 3 nitrogen and oxygen atoms in total. The molecule has 1 atom stereocenters. The van der Waals surface area contributed by atoms with Gasteiger partial charge in [0, 0.05) is 4.91 Å². The predicted octanol–water partition coefficient (Wildman–Crippen LogP) is 3.89. The Morgan fingerprint density at radius 3 is 2.76 bits per heavy atom. The van der Waals surface area contributed by atoms with Crippen LogP contribution in [0.3, 0.4) is 0 Å². The van der Waals surface area contributed by atoms with E-state index in [1.807, 2.05) is 37.3 Å². The van der Waals surface area contributed by atoms with Gasteiger partial charge in [-0.1, -0.05) is 61.2 Å². The largest absolute Gasteiger partial charge is 0.335 e. The van der Waals surface area contributed by atoms with Gasteiger partial charge in [0.2, 0.25) is 0 Å². The Hall–Kier alpha value is -2.25. The lowest BCUT2D eigenvalue weighted by molar-refractivity contribution is -0.117. The third kappa shape index (κ3) is 2.41. The Morgan fingerprint density at radius 1 is 1.24 bits per heavy atom. The first kappa shape index (κ1) is 13.7. The quantitative estimate of drug-likeness (QED) is 0.914. The molecule has 0 fully saturated rings. The third-order valence-electron chi connectivity index (χ3n) is 3.57. The monoisotopic (exact) mass is 294 g/mol. The van der Waals surface area contributed by atoms with Gasteiger partial charge in [0.15, 0.2) is 0 Å². The smallest absolute Gasteiger partial charge is 0.263 e. The maximum absolute atomic E-state index is 12.1. The van der Waals surface area contributed by atoms with Crippen LogP contribution in [0.25, 0.3) is 10.8 Å². The molecule has 0 radical (unpaired) electrons. The van der Waals surface area contributed by atoms with Crippen molar-refractivity contribution in [1.29, 1.82) is 5.26 Å². The van der Waals surface area contributed by atoms with E-state index < -0.39 is 0 Å². The predicted molar refractivity (Wildman–Crippen MR) is 85.4 cm³/mol. The number of allylic oxidation sites excluding steroid dienone is 1. The fourth-order valence-electron chi connectivity index (χ4n) is 2.54. The van der Waals surface area contributed by atoms with Crippen LogP contribution in [-0.2, 0) is 4.79 Å². The zero-order valence-corrected chi connectivity index (χ0v) is 12.4. The van der Waals surface area contributed by atoms with Crippen molar-refractivity contribution in [3.05, 3.63) is 58.5 Å². The van der Waals surface area contributed by atoms with E-state index in [1.165, 1.54) is 0 Å². The SMILES string of the molecule is CCC1=C(C#N)C(=O)NC(c2cccc3ccccc23)S1. The molecule has 1 aliphatic rings. The normalized spacial score (nSPS) is 18.5. The van der Waals surface area contributed by atoms with Gasteiger partial charge in [-0.2, -0.15) is 5.26 Å². The maximum Gasteiger partial charge on any atom is 0.263 e. The van der Waals surface area contributed by atoms with E-state index >= 15 is 0 Å². The lowest BCUT2D eigenvalue weighted by Gasteiger charge is -2.26. The van der Waals surface area contributed by atoms with E-state index in [2.05, 4.69) is 23.5 Å². The first-order valence-electron chi connectivity index (χ1n) is 6.83. The van der Waals surface area contributed by atoms with Crippen molar-refractivity contribution < 1.29 is 4.79 Å². The molecule has 0 saturated heterocycles. The van der Waals surface area contributed by atoms with E-state index in [-0.39, 0.29) is 16.9 Å². The van der Waals surface area contributed by atoms with E-state index in [4.69, 9.17) is 5.26 Å². The number of nitrogens with zero attached hydrogens (tertiary/aromatic N) is 1. The van der Waals surface area contributed by atoms with Crippen LogP contribution in [-0.4, -0.2) is 5.91 Å². The van der Waals surface area contributed by atoms with E-state index in [9.17, 15) is 4.79 Å². The summed E-state index contributed by atoms with van der Waals surface area (Å²) in [6, 6.07) is 16.2. The minimum atomic E-state index is -0.272. The van der Waals surface area contributed by atoms with Gasteiger partial charge in [0.25, 0.3) is 5.91 Å². The molecular formula is C17H14N2OS. The van der Waals surface area contributed by atoms with E-state index in [1.54, 1.807) is 11.8 Å². The van der Waals surface area contributed by atoms with Gasteiger partial charge in [-0.25, -0.2) is 0 Å². The number of benzene rings is 2. The first-order valence-corrected chi connectivity index (χ1v) is 7.71. The highest BCUT2D eigenvalue weighted by Gasteiger charge is 2.28. The van der Waals surface area contributed by atoms with Crippen LogP contribution in [0.5, 0.6) is 0 Å². The van der Waals surface area contributed by atoms with E-state index in [0.717, 1.165) is 21.2 Å². The summed E-state index contributed by atoms with van der Waals surface area (Å²) in [5.74, 6) is -0.272. The molecule has 1 unspecified atom stereocenters. The van der Waals surface area contributed by atoms with Gasteiger partial charge in [-0.05, 0) is 22.8 Å². The number of thioether (sulfide) groups is 1. The third-order valence-corrected chi connectivity index (χ3v) is 4.95. The summed E-state index contributed by atoms with van der Waals surface area (Å²) in [5, 5.41) is 14.2. The molecule has 4 heteroatoms. The highest BCUT2D eigenvalue weighted by atomic mass is 32.2. The van der Waals surface area contributed by atoms with Crippen molar-refractivity contribution in [2.75, 3.05) is 0 Å². The number of carbonyl (C=O) groups is 1. The fraction of sp³-hybridized carbons (Fsp3) is 0.176. The van der Waals surface area contributed by atoms with Crippen molar-refractivity contribution in [3.63, 3.8) is 0 Å². The Kier molecular flexibility index (Phi) is 3.68. The van der Waals surface area contributed by atoms with Crippen molar-refractivity contribution >= 4 is 28.4 Å². The molecule has 0 aliphatic carbocycles. The Labute approximate surface area is 127 Å². The number of amides is 1. The van der Waals surface area contributed by atoms with Gasteiger partial charge in [0.1, 0.15) is 17.0 Å². The standard InChI is InChI=1S/C17H14N2OS/c1-2-15-14(10-18)16(20)19-17(21-15)13-9-5-7-11-6-3-4-8-12(11)13/h3-9,17H,2H2,1H3,(H,19,20). The van der Waals surface area contributed by atoms with Gasteiger partial charge in [0.05, 0.1) is 0 Å². The molecule has 1 amide bonds. The van der Waals surface area contributed by atoms with Crippen LogP contribution in [0.4, 0.5) is 0 Å². The molecule has 0 aromatic heterocycles. The van der Waals surface area contributed by atoms with Crippen LogP contribution >= 0.6 is 11.8 Å². The van der Waals surface area contributed by atoms with Crippen LogP contribution in [0.1, 0.15) is 24.3 Å². The van der Waals surface area contributed by atoms with E-state index in [0.29, 0.717) is 6.42 Å². The summed E-state index contributed by atoms with van der Waals surface area (Å²) in [6.45, 7) is 1.97. The number of rotatable bonds is 2. The number of nitriles is 1. The fourth-order valence-corrected chi connectivity index (χ4v) is 3.75. The molecular weight excluding hydrogens is 280 g/mol. The second-order valence-electron chi connectivity index (χ2n) is 4.80. The topological polar surface area (TPSA) is 52.9 Å². The van der Waals surface area contributed by atoms with Crippen LogP contribution in [0, 0.1) is 11.3 Å². The van der Waals surface area contributed by atoms with Crippen LogP contribution < -0.4 is 5.32 Å². The minimum absolute atomic E-state index is 0.143. The average molecular weight is 294 g/mol. The van der Waals surface area contributed by atoms with Crippen molar-refractivity contribution in [3.8, 4) is 6.07 Å². The molecule has 0 saturated carbocycles. The molecule has 0 spiro atoms. The summed E-state index contributed by atoms with van der Waals surface area (Å²) in [5.41, 5.74) is 1.33. The summed E-state index contributed by atoms with van der Waals surface area (Å²) in [7, 11) is 0. The summed E-state index contributed by atoms with van der Waals surface area (Å²) < 4.78 is 0. The summed E-state index contributed by atoms with van der Waals surface area (Å²) >= 11 is 1.56. The molecule has 1 aliphatic heterocycles. The maximum atomic E-state index is 12.1. The minimum Gasteiger partial charge on any atom is -0.335 e. The zero-order valence-electron chi connectivity index (χ0n) is 11.6. The Bertz CT molecular complexity index is 783. The van der Waals surface area contributed by atoms with Gasteiger partial charge in [-0.3, -0.25) is 4.79 Å². The summed E-state index contributed by atoms with van der Waals surface area (Å²) in [6.07, 6.45) is 0.697. The highest BCUT2D eigenvalue weighted by Crippen LogP contribution is 2.41.